The summed E-state index contributed by atoms with van der Waals surface area (Å²) < 4.78 is 32.1. The van der Waals surface area contributed by atoms with Crippen molar-refractivity contribution in [2.75, 3.05) is 5.32 Å². The van der Waals surface area contributed by atoms with Crippen LogP contribution in [0.15, 0.2) is 64.4 Å². The van der Waals surface area contributed by atoms with E-state index in [4.69, 9.17) is 4.42 Å². The molecule has 9 heteroatoms. The number of amides is 1. The number of anilines is 1. The molecular weight excluding hydrogens is 356 g/mol. The molecule has 3 rings (SSSR count). The van der Waals surface area contributed by atoms with Crippen LogP contribution in [0.1, 0.15) is 21.8 Å². The fourth-order valence-corrected chi connectivity index (χ4v) is 3.04. The standard InChI is InChI=1S/C17H16N4O4S/c1-12-7-9-19-15(10-12)21-17(22)14-5-6-16(25-14)26(23,24)20-11-13-4-2-3-8-18-13/h2-10,20H,11H2,1H3,(H,19,21,22). The molecule has 0 spiro atoms. The SMILES string of the molecule is Cc1ccnc(NC(=O)c2ccc(S(=O)(=O)NCc3ccccn3)o2)c1. The summed E-state index contributed by atoms with van der Waals surface area (Å²) in [5.41, 5.74) is 1.49. The number of nitrogens with zero attached hydrogens (tertiary/aromatic N) is 2. The van der Waals surface area contributed by atoms with Crippen molar-refractivity contribution in [3.8, 4) is 0 Å². The first kappa shape index (κ1) is 17.8. The smallest absolute Gasteiger partial charge is 0.292 e. The van der Waals surface area contributed by atoms with Crippen molar-refractivity contribution in [3.63, 3.8) is 0 Å². The number of aryl methyl sites for hydroxylation is 1. The third-order valence-corrected chi connectivity index (χ3v) is 4.67. The van der Waals surface area contributed by atoms with Crippen molar-refractivity contribution in [2.24, 2.45) is 0 Å². The summed E-state index contributed by atoms with van der Waals surface area (Å²) in [6, 6.07) is 11.2. The molecule has 134 valence electrons. The minimum Gasteiger partial charge on any atom is -0.438 e. The van der Waals surface area contributed by atoms with Crippen LogP contribution in [0, 0.1) is 6.92 Å². The van der Waals surface area contributed by atoms with E-state index in [2.05, 4.69) is 20.0 Å². The summed E-state index contributed by atoms with van der Waals surface area (Å²) in [4.78, 5) is 20.2. The second-order valence-corrected chi connectivity index (χ2v) is 7.13. The number of hydrogen-bond acceptors (Lipinski definition) is 6. The molecule has 0 saturated heterocycles. The summed E-state index contributed by atoms with van der Waals surface area (Å²) in [7, 11) is -3.90. The molecule has 0 aromatic carbocycles. The number of rotatable bonds is 6. The number of pyridine rings is 2. The second-order valence-electron chi connectivity index (χ2n) is 5.44. The Morgan fingerprint density at radius 2 is 1.96 bits per heavy atom. The van der Waals surface area contributed by atoms with Gasteiger partial charge in [0.1, 0.15) is 5.82 Å². The molecule has 1 amide bonds. The topological polar surface area (TPSA) is 114 Å². The van der Waals surface area contributed by atoms with Gasteiger partial charge in [-0.3, -0.25) is 9.78 Å². The van der Waals surface area contributed by atoms with Crippen LogP contribution in [-0.4, -0.2) is 24.3 Å². The Morgan fingerprint density at radius 3 is 2.69 bits per heavy atom. The van der Waals surface area contributed by atoms with Crippen molar-refractivity contribution in [2.45, 2.75) is 18.6 Å². The van der Waals surface area contributed by atoms with E-state index in [1.807, 2.05) is 6.92 Å². The normalized spacial score (nSPS) is 11.3. The second kappa shape index (κ2) is 7.46. The fraction of sp³-hybridized carbons (Fsp3) is 0.118. The van der Waals surface area contributed by atoms with Crippen LogP contribution in [0.3, 0.4) is 0 Å². The van der Waals surface area contributed by atoms with E-state index >= 15 is 0 Å². The van der Waals surface area contributed by atoms with Gasteiger partial charge in [-0.1, -0.05) is 6.07 Å². The Kier molecular flexibility index (Phi) is 5.10. The van der Waals surface area contributed by atoms with Gasteiger partial charge in [0.2, 0.25) is 5.09 Å². The Morgan fingerprint density at radius 1 is 1.12 bits per heavy atom. The lowest BCUT2D eigenvalue weighted by molar-refractivity contribution is 0.0991. The Balaban J connectivity index is 1.69. The van der Waals surface area contributed by atoms with Gasteiger partial charge in [-0.2, -0.15) is 0 Å². The zero-order valence-corrected chi connectivity index (χ0v) is 14.7. The zero-order valence-electron chi connectivity index (χ0n) is 13.8. The van der Waals surface area contributed by atoms with Crippen LogP contribution in [-0.2, 0) is 16.6 Å². The van der Waals surface area contributed by atoms with Gasteiger partial charge in [0.15, 0.2) is 5.76 Å². The molecule has 0 unspecified atom stereocenters. The maximum atomic E-state index is 12.3. The fourth-order valence-electron chi connectivity index (χ4n) is 2.11. The van der Waals surface area contributed by atoms with E-state index in [1.54, 1.807) is 42.7 Å². The number of hydrogen-bond donors (Lipinski definition) is 2. The van der Waals surface area contributed by atoms with Crippen molar-refractivity contribution in [3.05, 3.63) is 71.9 Å². The lowest BCUT2D eigenvalue weighted by Gasteiger charge is -2.04. The number of aromatic nitrogens is 2. The highest BCUT2D eigenvalue weighted by atomic mass is 32.2. The van der Waals surface area contributed by atoms with Crippen LogP contribution >= 0.6 is 0 Å². The molecule has 0 fully saturated rings. The first-order chi connectivity index (χ1) is 12.4. The highest BCUT2D eigenvalue weighted by Gasteiger charge is 2.21. The molecule has 0 aliphatic carbocycles. The largest absolute Gasteiger partial charge is 0.438 e. The minimum absolute atomic E-state index is 0.0125. The van der Waals surface area contributed by atoms with E-state index in [0.29, 0.717) is 11.5 Å². The van der Waals surface area contributed by atoms with E-state index < -0.39 is 15.9 Å². The maximum Gasteiger partial charge on any atom is 0.292 e. The van der Waals surface area contributed by atoms with Crippen LogP contribution in [0.5, 0.6) is 0 Å². The molecule has 0 aliphatic rings. The zero-order chi connectivity index (χ0) is 18.6. The average Bonchev–Trinajstić information content (AvgIpc) is 3.12. The van der Waals surface area contributed by atoms with Gasteiger partial charge >= 0.3 is 0 Å². The Hall–Kier alpha value is -3.04. The highest BCUT2D eigenvalue weighted by Crippen LogP contribution is 2.16. The summed E-state index contributed by atoms with van der Waals surface area (Å²) in [5, 5.41) is 2.20. The van der Waals surface area contributed by atoms with Gasteiger partial charge in [0.05, 0.1) is 12.2 Å². The van der Waals surface area contributed by atoms with Crippen LogP contribution in [0.25, 0.3) is 0 Å². The number of furan rings is 1. The third-order valence-electron chi connectivity index (χ3n) is 3.40. The first-order valence-electron chi connectivity index (χ1n) is 7.67. The molecule has 26 heavy (non-hydrogen) atoms. The Bertz CT molecular complexity index is 1020. The molecule has 3 heterocycles. The minimum atomic E-state index is -3.90. The van der Waals surface area contributed by atoms with E-state index in [-0.39, 0.29) is 17.4 Å². The predicted octanol–water partition coefficient (Wildman–Crippen LogP) is 2.11. The monoisotopic (exact) mass is 372 g/mol. The van der Waals surface area contributed by atoms with E-state index in [1.165, 1.54) is 12.1 Å². The van der Waals surface area contributed by atoms with Gasteiger partial charge in [-0.05, 0) is 48.9 Å². The first-order valence-corrected chi connectivity index (χ1v) is 9.16. The van der Waals surface area contributed by atoms with E-state index in [9.17, 15) is 13.2 Å². The molecule has 0 saturated carbocycles. The van der Waals surface area contributed by atoms with Crippen molar-refractivity contribution >= 4 is 21.7 Å². The van der Waals surface area contributed by atoms with Crippen molar-refractivity contribution < 1.29 is 17.6 Å². The average molecular weight is 372 g/mol. The molecule has 0 aliphatic heterocycles. The molecule has 0 atom stereocenters. The van der Waals surface area contributed by atoms with Crippen LogP contribution in [0.2, 0.25) is 0 Å². The maximum absolute atomic E-state index is 12.3. The van der Waals surface area contributed by atoms with Crippen molar-refractivity contribution in [1.29, 1.82) is 0 Å². The number of nitrogens with one attached hydrogen (secondary N) is 2. The van der Waals surface area contributed by atoms with Crippen LogP contribution < -0.4 is 10.0 Å². The summed E-state index contributed by atoms with van der Waals surface area (Å²) in [6.07, 6.45) is 3.13. The predicted molar refractivity (Wildman–Crippen MR) is 93.9 cm³/mol. The van der Waals surface area contributed by atoms with Crippen molar-refractivity contribution in [1.82, 2.24) is 14.7 Å². The molecule has 3 aromatic heterocycles. The third kappa shape index (κ3) is 4.32. The van der Waals surface area contributed by atoms with E-state index in [0.717, 1.165) is 5.56 Å². The van der Waals surface area contributed by atoms with Crippen LogP contribution in [0.4, 0.5) is 5.82 Å². The molecular formula is C17H16N4O4S. The quantitative estimate of drug-likeness (QED) is 0.685. The highest BCUT2D eigenvalue weighted by molar-refractivity contribution is 7.89. The number of carbonyl (C=O) groups excluding carboxylic acids is 1. The van der Waals surface area contributed by atoms with Gasteiger partial charge in [-0.25, -0.2) is 18.1 Å². The van der Waals surface area contributed by atoms with Gasteiger partial charge < -0.3 is 9.73 Å². The summed E-state index contributed by atoms with van der Waals surface area (Å²) >= 11 is 0. The molecule has 3 aromatic rings. The lowest BCUT2D eigenvalue weighted by atomic mass is 10.3. The van der Waals surface area contributed by atoms with Gasteiger partial charge in [-0.15, -0.1) is 0 Å². The molecule has 0 bridgehead atoms. The number of carbonyl (C=O) groups is 1. The lowest BCUT2D eigenvalue weighted by Crippen LogP contribution is -2.23. The molecule has 0 radical (unpaired) electrons. The summed E-state index contributed by atoms with van der Waals surface area (Å²) in [5.74, 6) is -0.370. The number of sulfonamides is 1. The molecule has 2 N–H and O–H groups in total. The van der Waals surface area contributed by atoms with Gasteiger partial charge in [0, 0.05) is 12.4 Å². The van der Waals surface area contributed by atoms with Gasteiger partial charge in [0.25, 0.3) is 15.9 Å². The molecule has 8 nitrogen and oxygen atoms in total. The Labute approximate surface area is 150 Å². The summed E-state index contributed by atoms with van der Waals surface area (Å²) in [6.45, 7) is 1.88.